The number of aromatic carboxylic acids is 1. The molecular weight excluding hydrogens is 292 g/mol. The molecule has 0 radical (unpaired) electrons. The van der Waals surface area contributed by atoms with Crippen molar-refractivity contribution in [3.05, 3.63) is 64.2 Å². The third-order valence-electron chi connectivity index (χ3n) is 2.96. The normalized spacial score (nSPS) is 10.2. The van der Waals surface area contributed by atoms with Gasteiger partial charge in [-0.1, -0.05) is 29.8 Å². The number of carboxylic acid groups (broad SMARTS) is 1. The molecule has 0 unspecified atom stereocenters. The summed E-state index contributed by atoms with van der Waals surface area (Å²) in [4.78, 5) is 22.4. The van der Waals surface area contributed by atoms with E-state index >= 15 is 0 Å². The molecule has 5 heteroatoms. The fraction of sp³-hybridized carbons (Fsp3) is 0.125. The first-order chi connectivity index (χ1) is 9.99. The largest absolute Gasteiger partial charge is 0.489 e. The Kier molecular flexibility index (Phi) is 4.60. The molecule has 0 aromatic heterocycles. The van der Waals surface area contributed by atoms with E-state index in [9.17, 15) is 9.59 Å². The number of carbonyl (C=O) groups excluding carboxylic acids is 1. The lowest BCUT2D eigenvalue weighted by atomic mass is 10.1. The molecule has 0 saturated carbocycles. The molecule has 0 amide bonds. The fourth-order valence-corrected chi connectivity index (χ4v) is 2.19. The second-order valence-electron chi connectivity index (χ2n) is 4.45. The highest BCUT2D eigenvalue weighted by atomic mass is 35.5. The van der Waals surface area contributed by atoms with Crippen LogP contribution in [-0.4, -0.2) is 16.9 Å². The summed E-state index contributed by atoms with van der Waals surface area (Å²) in [5.74, 6) is -0.646. The number of hydrogen-bond donors (Lipinski definition) is 1. The van der Waals surface area contributed by atoms with Crippen LogP contribution >= 0.6 is 11.6 Å². The van der Waals surface area contributed by atoms with Crippen molar-refractivity contribution < 1.29 is 19.4 Å². The number of carbonyl (C=O) groups is 2. The van der Waals surface area contributed by atoms with Crippen molar-refractivity contribution in [2.75, 3.05) is 0 Å². The zero-order valence-electron chi connectivity index (χ0n) is 11.3. The maximum absolute atomic E-state index is 11.3. The molecule has 108 valence electrons. The van der Waals surface area contributed by atoms with Crippen LogP contribution in [0.4, 0.5) is 0 Å². The molecule has 1 N–H and O–H groups in total. The molecule has 0 aliphatic carbocycles. The second-order valence-corrected chi connectivity index (χ2v) is 4.86. The van der Waals surface area contributed by atoms with Crippen LogP contribution in [0.15, 0.2) is 42.5 Å². The van der Waals surface area contributed by atoms with E-state index in [0.29, 0.717) is 21.9 Å². The SMILES string of the molecule is CC(=O)c1ccc(OCc2ccccc2C(=O)O)cc1Cl. The van der Waals surface area contributed by atoms with Gasteiger partial charge in [0.2, 0.25) is 0 Å². The van der Waals surface area contributed by atoms with E-state index in [2.05, 4.69) is 0 Å². The van der Waals surface area contributed by atoms with Crippen LogP contribution in [0.3, 0.4) is 0 Å². The summed E-state index contributed by atoms with van der Waals surface area (Å²) >= 11 is 5.99. The number of hydrogen-bond acceptors (Lipinski definition) is 3. The summed E-state index contributed by atoms with van der Waals surface area (Å²) in [5, 5.41) is 9.40. The lowest BCUT2D eigenvalue weighted by Crippen LogP contribution is -2.05. The molecule has 0 bridgehead atoms. The van der Waals surface area contributed by atoms with Crippen molar-refractivity contribution in [3.63, 3.8) is 0 Å². The molecule has 2 aromatic carbocycles. The van der Waals surface area contributed by atoms with E-state index in [-0.39, 0.29) is 18.0 Å². The van der Waals surface area contributed by atoms with Gasteiger partial charge in [0.15, 0.2) is 5.78 Å². The molecule has 0 fully saturated rings. The summed E-state index contributed by atoms with van der Waals surface area (Å²) in [7, 11) is 0. The zero-order valence-corrected chi connectivity index (χ0v) is 12.1. The Morgan fingerprint density at radius 1 is 1.14 bits per heavy atom. The van der Waals surface area contributed by atoms with Crippen LogP contribution in [0.1, 0.15) is 33.2 Å². The number of Topliss-reactive ketones (excluding diaryl/α,β-unsaturated/α-hetero) is 1. The van der Waals surface area contributed by atoms with Crippen molar-refractivity contribution >= 4 is 23.4 Å². The molecule has 0 aliphatic heterocycles. The van der Waals surface area contributed by atoms with Gasteiger partial charge >= 0.3 is 5.97 Å². The van der Waals surface area contributed by atoms with Crippen molar-refractivity contribution in [1.29, 1.82) is 0 Å². The van der Waals surface area contributed by atoms with Gasteiger partial charge in [-0.3, -0.25) is 4.79 Å². The van der Waals surface area contributed by atoms with Crippen LogP contribution in [-0.2, 0) is 6.61 Å². The Morgan fingerprint density at radius 3 is 2.48 bits per heavy atom. The van der Waals surface area contributed by atoms with E-state index in [1.54, 1.807) is 36.4 Å². The quantitative estimate of drug-likeness (QED) is 0.853. The predicted molar refractivity (Wildman–Crippen MR) is 79.2 cm³/mol. The van der Waals surface area contributed by atoms with E-state index in [1.807, 2.05) is 0 Å². The molecule has 0 heterocycles. The van der Waals surface area contributed by atoms with E-state index < -0.39 is 5.97 Å². The van der Waals surface area contributed by atoms with Gasteiger partial charge in [0.05, 0.1) is 10.6 Å². The number of ether oxygens (including phenoxy) is 1. The van der Waals surface area contributed by atoms with E-state index in [0.717, 1.165) is 0 Å². The molecular formula is C16H13ClO4. The summed E-state index contributed by atoms with van der Waals surface area (Å²) < 4.78 is 5.54. The first-order valence-corrected chi connectivity index (χ1v) is 6.61. The Labute approximate surface area is 126 Å². The number of carboxylic acids is 1. The summed E-state index contributed by atoms with van der Waals surface area (Å²) in [6.45, 7) is 1.54. The molecule has 0 aliphatic rings. The highest BCUT2D eigenvalue weighted by molar-refractivity contribution is 6.34. The van der Waals surface area contributed by atoms with Crippen LogP contribution in [0.2, 0.25) is 5.02 Å². The maximum Gasteiger partial charge on any atom is 0.336 e. The van der Waals surface area contributed by atoms with Crippen LogP contribution in [0, 0.1) is 0 Å². The minimum Gasteiger partial charge on any atom is -0.489 e. The van der Waals surface area contributed by atoms with Crippen molar-refractivity contribution in [2.45, 2.75) is 13.5 Å². The standard InChI is InChI=1S/C16H13ClO4/c1-10(18)13-7-6-12(8-15(13)17)21-9-11-4-2-3-5-14(11)16(19)20/h2-8H,9H2,1H3,(H,19,20). The Hall–Kier alpha value is -2.33. The van der Waals surface area contributed by atoms with E-state index in [1.165, 1.54) is 13.0 Å². The van der Waals surface area contributed by atoms with Gasteiger partial charge in [-0.2, -0.15) is 0 Å². The summed E-state index contributed by atoms with van der Waals surface area (Å²) in [6.07, 6.45) is 0. The second kappa shape index (κ2) is 6.41. The lowest BCUT2D eigenvalue weighted by molar-refractivity contribution is 0.0693. The van der Waals surface area contributed by atoms with Gasteiger partial charge in [-0.25, -0.2) is 4.79 Å². The monoisotopic (exact) mass is 304 g/mol. The highest BCUT2D eigenvalue weighted by Crippen LogP contribution is 2.24. The highest BCUT2D eigenvalue weighted by Gasteiger charge is 2.10. The number of halogens is 1. The van der Waals surface area contributed by atoms with Gasteiger partial charge in [0, 0.05) is 11.1 Å². The molecule has 2 rings (SSSR count). The first kappa shape index (κ1) is 15.1. The number of benzene rings is 2. The molecule has 0 saturated heterocycles. The van der Waals surface area contributed by atoms with Crippen LogP contribution in [0.25, 0.3) is 0 Å². The van der Waals surface area contributed by atoms with Gasteiger partial charge in [-0.15, -0.1) is 0 Å². The predicted octanol–water partition coefficient (Wildman–Crippen LogP) is 3.82. The first-order valence-electron chi connectivity index (χ1n) is 6.23. The molecule has 2 aromatic rings. The topological polar surface area (TPSA) is 63.6 Å². The smallest absolute Gasteiger partial charge is 0.336 e. The van der Waals surface area contributed by atoms with E-state index in [4.69, 9.17) is 21.4 Å². The Bertz CT molecular complexity index is 694. The Balaban J connectivity index is 2.16. The van der Waals surface area contributed by atoms with Crippen molar-refractivity contribution in [1.82, 2.24) is 0 Å². The average Bonchev–Trinajstić information content (AvgIpc) is 2.45. The van der Waals surface area contributed by atoms with Crippen LogP contribution < -0.4 is 4.74 Å². The lowest BCUT2D eigenvalue weighted by Gasteiger charge is -2.10. The Morgan fingerprint density at radius 2 is 1.86 bits per heavy atom. The van der Waals surface area contributed by atoms with Crippen LogP contribution in [0.5, 0.6) is 5.75 Å². The number of rotatable bonds is 5. The molecule has 0 atom stereocenters. The summed E-state index contributed by atoms with van der Waals surface area (Å²) in [5.41, 5.74) is 1.19. The third kappa shape index (κ3) is 3.61. The average molecular weight is 305 g/mol. The van der Waals surface area contributed by atoms with Crippen molar-refractivity contribution in [2.24, 2.45) is 0 Å². The van der Waals surface area contributed by atoms with Crippen molar-refractivity contribution in [3.8, 4) is 5.75 Å². The molecule has 4 nitrogen and oxygen atoms in total. The minimum atomic E-state index is -1.00. The summed E-state index contributed by atoms with van der Waals surface area (Å²) in [6, 6.07) is 11.4. The minimum absolute atomic E-state index is 0.109. The maximum atomic E-state index is 11.3. The van der Waals surface area contributed by atoms with Gasteiger partial charge < -0.3 is 9.84 Å². The molecule has 21 heavy (non-hydrogen) atoms. The third-order valence-corrected chi connectivity index (χ3v) is 3.27. The molecule has 0 spiro atoms. The number of ketones is 1. The van der Waals surface area contributed by atoms with Gasteiger partial charge in [-0.05, 0) is 31.2 Å². The fourth-order valence-electron chi connectivity index (χ4n) is 1.89. The van der Waals surface area contributed by atoms with Gasteiger partial charge in [0.25, 0.3) is 0 Å². The van der Waals surface area contributed by atoms with Gasteiger partial charge in [0.1, 0.15) is 12.4 Å². The zero-order chi connectivity index (χ0) is 15.4.